The molecule has 84 valence electrons. The first kappa shape index (κ1) is 11.6. The van der Waals surface area contributed by atoms with Gasteiger partial charge in [0.25, 0.3) is 0 Å². The molecule has 0 saturated heterocycles. The highest BCUT2D eigenvalue weighted by atomic mass is 16.4. The number of aromatic nitrogens is 2. The first-order valence-corrected chi connectivity index (χ1v) is 4.75. The first-order chi connectivity index (χ1) is 6.95. The summed E-state index contributed by atoms with van der Waals surface area (Å²) >= 11 is 0. The van der Waals surface area contributed by atoms with Gasteiger partial charge in [-0.05, 0) is 13.8 Å². The number of hydrogen-bond donors (Lipinski definition) is 2. The molecule has 0 saturated carbocycles. The van der Waals surface area contributed by atoms with E-state index in [-0.39, 0.29) is 6.54 Å². The molecule has 0 amide bonds. The molecule has 6 heteroatoms. The lowest BCUT2D eigenvalue weighted by Gasteiger charge is -2.19. The van der Waals surface area contributed by atoms with Crippen molar-refractivity contribution in [2.24, 2.45) is 0 Å². The van der Waals surface area contributed by atoms with Crippen LogP contribution in [0.4, 0.5) is 0 Å². The van der Waals surface area contributed by atoms with Gasteiger partial charge in [0.05, 0.1) is 6.54 Å². The Morgan fingerprint density at radius 3 is 2.53 bits per heavy atom. The molecule has 1 aromatic rings. The Balaban J connectivity index is 2.53. The second-order valence-corrected chi connectivity index (χ2v) is 3.73. The van der Waals surface area contributed by atoms with E-state index in [9.17, 15) is 4.79 Å². The Hall–Kier alpha value is -1.43. The fraction of sp³-hybridized carbons (Fsp3) is 0.667. The quantitative estimate of drug-likeness (QED) is 0.744. The molecule has 0 unspecified atom stereocenters. The summed E-state index contributed by atoms with van der Waals surface area (Å²) in [7, 11) is 0. The molecule has 0 spiro atoms. The number of hydrogen-bond acceptors (Lipinski definition) is 5. The van der Waals surface area contributed by atoms with Gasteiger partial charge in [0.15, 0.2) is 0 Å². The van der Waals surface area contributed by atoms with Crippen LogP contribution in [0.5, 0.6) is 0 Å². The van der Waals surface area contributed by atoms with Gasteiger partial charge in [-0.15, -0.1) is 10.2 Å². The number of nitrogens with zero attached hydrogens (tertiary/aromatic N) is 2. The number of aryl methyl sites for hydroxylation is 1. The summed E-state index contributed by atoms with van der Waals surface area (Å²) in [6, 6.07) is 0. The summed E-state index contributed by atoms with van der Waals surface area (Å²) in [4.78, 5) is 10.8. The molecule has 0 aromatic carbocycles. The normalized spacial score (nSPS) is 11.7. The highest BCUT2D eigenvalue weighted by Crippen LogP contribution is 2.05. The van der Waals surface area contributed by atoms with Crippen molar-refractivity contribution in [3.63, 3.8) is 0 Å². The van der Waals surface area contributed by atoms with Crippen LogP contribution in [0, 0.1) is 0 Å². The molecule has 0 aliphatic carbocycles. The minimum atomic E-state index is -0.999. The topological polar surface area (TPSA) is 88.2 Å². The summed E-state index contributed by atoms with van der Waals surface area (Å²) in [5.41, 5.74) is -0.999. The van der Waals surface area contributed by atoms with Crippen LogP contribution in [0.15, 0.2) is 4.42 Å². The van der Waals surface area contributed by atoms with Crippen LogP contribution >= 0.6 is 0 Å². The molecule has 1 aromatic heterocycles. The second-order valence-electron chi connectivity index (χ2n) is 3.73. The Morgan fingerprint density at radius 1 is 1.47 bits per heavy atom. The summed E-state index contributed by atoms with van der Waals surface area (Å²) in [6.45, 7) is 5.32. The van der Waals surface area contributed by atoms with Gasteiger partial charge in [0, 0.05) is 6.42 Å². The number of rotatable bonds is 5. The van der Waals surface area contributed by atoms with Gasteiger partial charge >= 0.3 is 5.97 Å². The van der Waals surface area contributed by atoms with E-state index in [1.54, 1.807) is 13.8 Å². The molecule has 0 bridgehead atoms. The van der Waals surface area contributed by atoms with Crippen LogP contribution in [0.1, 0.15) is 32.6 Å². The zero-order chi connectivity index (χ0) is 11.5. The van der Waals surface area contributed by atoms with Crippen molar-refractivity contribution in [3.8, 4) is 0 Å². The molecule has 0 radical (unpaired) electrons. The third-order valence-electron chi connectivity index (χ3n) is 2.03. The van der Waals surface area contributed by atoms with E-state index < -0.39 is 11.5 Å². The summed E-state index contributed by atoms with van der Waals surface area (Å²) < 4.78 is 5.23. The molecule has 1 rings (SSSR count). The van der Waals surface area contributed by atoms with Gasteiger partial charge in [-0.25, -0.2) is 0 Å². The van der Waals surface area contributed by atoms with Crippen LogP contribution in [0.3, 0.4) is 0 Å². The fourth-order valence-electron chi connectivity index (χ4n) is 0.875. The standard InChI is InChI=1S/C9H15N3O3/c1-4-6-11-12-7(15-6)5-10-9(2,3)8(13)14/h10H,4-5H2,1-3H3,(H,13,14). The lowest BCUT2D eigenvalue weighted by Crippen LogP contribution is -2.46. The third-order valence-corrected chi connectivity index (χ3v) is 2.03. The molecule has 0 aliphatic rings. The zero-order valence-electron chi connectivity index (χ0n) is 9.07. The molecule has 15 heavy (non-hydrogen) atoms. The number of carboxylic acids is 1. The summed E-state index contributed by atoms with van der Waals surface area (Å²) in [6.07, 6.45) is 0.676. The second kappa shape index (κ2) is 4.39. The van der Waals surface area contributed by atoms with Crippen molar-refractivity contribution >= 4 is 5.97 Å². The van der Waals surface area contributed by atoms with Crippen LogP contribution < -0.4 is 5.32 Å². The minimum absolute atomic E-state index is 0.256. The van der Waals surface area contributed by atoms with Gasteiger partial charge in [-0.1, -0.05) is 6.92 Å². The number of aliphatic carboxylic acids is 1. The van der Waals surface area contributed by atoms with Crippen LogP contribution in [0.2, 0.25) is 0 Å². The molecule has 0 atom stereocenters. The van der Waals surface area contributed by atoms with E-state index >= 15 is 0 Å². The lowest BCUT2D eigenvalue weighted by atomic mass is 10.1. The largest absolute Gasteiger partial charge is 0.480 e. The van der Waals surface area contributed by atoms with E-state index in [0.29, 0.717) is 18.2 Å². The maximum atomic E-state index is 10.8. The Bertz CT molecular complexity index is 346. The Labute approximate surface area is 87.7 Å². The maximum Gasteiger partial charge on any atom is 0.323 e. The molecule has 2 N–H and O–H groups in total. The van der Waals surface area contributed by atoms with Gasteiger partial charge in [-0.3, -0.25) is 10.1 Å². The predicted molar refractivity (Wildman–Crippen MR) is 52.2 cm³/mol. The Morgan fingerprint density at radius 2 is 2.07 bits per heavy atom. The average Bonchev–Trinajstić information content (AvgIpc) is 2.62. The number of nitrogens with one attached hydrogen (secondary N) is 1. The fourth-order valence-corrected chi connectivity index (χ4v) is 0.875. The van der Waals surface area contributed by atoms with Gasteiger partial charge < -0.3 is 9.52 Å². The van der Waals surface area contributed by atoms with Crippen molar-refractivity contribution in [1.29, 1.82) is 0 Å². The van der Waals surface area contributed by atoms with Crippen molar-refractivity contribution in [1.82, 2.24) is 15.5 Å². The van der Waals surface area contributed by atoms with E-state index in [4.69, 9.17) is 9.52 Å². The number of carboxylic acid groups (broad SMARTS) is 1. The van der Waals surface area contributed by atoms with E-state index in [2.05, 4.69) is 15.5 Å². The van der Waals surface area contributed by atoms with E-state index in [1.807, 2.05) is 6.92 Å². The summed E-state index contributed by atoms with van der Waals surface area (Å²) in [5, 5.41) is 19.2. The van der Waals surface area contributed by atoms with Crippen LogP contribution in [-0.2, 0) is 17.8 Å². The molecule has 6 nitrogen and oxygen atoms in total. The van der Waals surface area contributed by atoms with Crippen LogP contribution in [-0.4, -0.2) is 26.8 Å². The first-order valence-electron chi connectivity index (χ1n) is 4.75. The van der Waals surface area contributed by atoms with Crippen molar-refractivity contribution in [2.45, 2.75) is 39.3 Å². The lowest BCUT2D eigenvalue weighted by molar-refractivity contribution is -0.143. The maximum absolute atomic E-state index is 10.8. The highest BCUT2D eigenvalue weighted by Gasteiger charge is 2.26. The average molecular weight is 213 g/mol. The SMILES string of the molecule is CCc1nnc(CNC(C)(C)C(=O)O)o1. The van der Waals surface area contributed by atoms with Crippen molar-refractivity contribution in [3.05, 3.63) is 11.8 Å². The van der Waals surface area contributed by atoms with Crippen molar-refractivity contribution in [2.75, 3.05) is 0 Å². The zero-order valence-corrected chi connectivity index (χ0v) is 9.07. The Kier molecular flexibility index (Phi) is 3.41. The van der Waals surface area contributed by atoms with Crippen LogP contribution in [0.25, 0.3) is 0 Å². The molecular formula is C9H15N3O3. The van der Waals surface area contributed by atoms with Gasteiger partial charge in [-0.2, -0.15) is 0 Å². The minimum Gasteiger partial charge on any atom is -0.480 e. The molecular weight excluding hydrogens is 198 g/mol. The molecule has 0 fully saturated rings. The van der Waals surface area contributed by atoms with Gasteiger partial charge in [0.1, 0.15) is 5.54 Å². The van der Waals surface area contributed by atoms with Gasteiger partial charge in [0.2, 0.25) is 11.8 Å². The third kappa shape index (κ3) is 3.02. The van der Waals surface area contributed by atoms with E-state index in [0.717, 1.165) is 0 Å². The number of carbonyl (C=O) groups is 1. The smallest absolute Gasteiger partial charge is 0.323 e. The highest BCUT2D eigenvalue weighted by molar-refractivity contribution is 5.77. The predicted octanol–water partition coefficient (Wildman–Crippen LogP) is 0.585. The molecule has 0 aliphatic heterocycles. The molecule has 1 heterocycles. The monoisotopic (exact) mass is 213 g/mol. The van der Waals surface area contributed by atoms with E-state index in [1.165, 1.54) is 0 Å². The summed E-state index contributed by atoms with van der Waals surface area (Å²) in [5.74, 6) is 0.0406. The van der Waals surface area contributed by atoms with Crippen molar-refractivity contribution < 1.29 is 14.3 Å².